The lowest BCUT2D eigenvalue weighted by molar-refractivity contribution is 0.0697. The molecule has 0 spiro atoms. The van der Waals surface area contributed by atoms with Gasteiger partial charge in [0.1, 0.15) is 5.82 Å². The van der Waals surface area contributed by atoms with E-state index in [0.29, 0.717) is 0 Å². The Balaban J connectivity index is 2.73. The van der Waals surface area contributed by atoms with Crippen molar-refractivity contribution < 1.29 is 9.90 Å². The third-order valence-corrected chi connectivity index (χ3v) is 2.74. The average Bonchev–Trinajstić information content (AvgIpc) is 2.51. The Labute approximate surface area is 99.9 Å². The molecule has 0 radical (unpaired) electrons. The third kappa shape index (κ3) is 1.90. The molecule has 0 bridgehead atoms. The molecule has 1 N–H and O–H groups in total. The third-order valence-electron chi connectivity index (χ3n) is 2.74. The van der Waals surface area contributed by atoms with Gasteiger partial charge in [-0.2, -0.15) is 0 Å². The van der Waals surface area contributed by atoms with Crippen molar-refractivity contribution in [3.63, 3.8) is 0 Å². The first-order chi connectivity index (χ1) is 7.80. The van der Waals surface area contributed by atoms with Gasteiger partial charge in [-0.3, -0.25) is 0 Å². The second-order valence-corrected chi connectivity index (χ2v) is 5.17. The number of carboxylic acids is 1. The summed E-state index contributed by atoms with van der Waals surface area (Å²) in [4.78, 5) is 15.3. The fourth-order valence-corrected chi connectivity index (χ4v) is 2.18. The van der Waals surface area contributed by atoms with Gasteiger partial charge in [0, 0.05) is 5.54 Å². The van der Waals surface area contributed by atoms with Crippen molar-refractivity contribution in [3.05, 3.63) is 29.6 Å². The maximum Gasteiger partial charge on any atom is 0.335 e. The topological polar surface area (TPSA) is 55.1 Å². The van der Waals surface area contributed by atoms with Crippen LogP contribution in [0.15, 0.2) is 18.2 Å². The summed E-state index contributed by atoms with van der Waals surface area (Å²) < 4.78 is 2.12. The van der Waals surface area contributed by atoms with E-state index in [4.69, 9.17) is 5.11 Å². The Kier molecular flexibility index (Phi) is 2.45. The number of carboxylic acid groups (broad SMARTS) is 1. The minimum atomic E-state index is -0.921. The molecule has 0 saturated carbocycles. The number of hydrogen-bond donors (Lipinski definition) is 1. The van der Waals surface area contributed by atoms with Crippen molar-refractivity contribution in [2.75, 3.05) is 0 Å². The summed E-state index contributed by atoms with van der Waals surface area (Å²) in [6, 6.07) is 5.06. The van der Waals surface area contributed by atoms with Crippen molar-refractivity contribution >= 4 is 17.0 Å². The molecule has 0 amide bonds. The van der Waals surface area contributed by atoms with Gasteiger partial charge in [0.2, 0.25) is 0 Å². The van der Waals surface area contributed by atoms with Crippen LogP contribution in [-0.4, -0.2) is 20.6 Å². The van der Waals surface area contributed by atoms with E-state index >= 15 is 0 Å². The van der Waals surface area contributed by atoms with E-state index in [9.17, 15) is 4.79 Å². The summed E-state index contributed by atoms with van der Waals surface area (Å²) in [6.07, 6.45) is 0. The van der Waals surface area contributed by atoms with Gasteiger partial charge in [-0.1, -0.05) is 0 Å². The van der Waals surface area contributed by atoms with Crippen LogP contribution in [0.1, 0.15) is 37.0 Å². The highest BCUT2D eigenvalue weighted by molar-refractivity contribution is 5.92. The van der Waals surface area contributed by atoms with Crippen LogP contribution >= 0.6 is 0 Å². The number of hydrogen-bond acceptors (Lipinski definition) is 2. The molecule has 0 unspecified atom stereocenters. The normalized spacial score (nSPS) is 12.0. The van der Waals surface area contributed by atoms with Gasteiger partial charge in [-0.15, -0.1) is 0 Å². The number of benzene rings is 1. The lowest BCUT2D eigenvalue weighted by Gasteiger charge is -2.23. The zero-order valence-electron chi connectivity index (χ0n) is 10.5. The van der Waals surface area contributed by atoms with Crippen molar-refractivity contribution in [3.8, 4) is 0 Å². The quantitative estimate of drug-likeness (QED) is 0.822. The highest BCUT2D eigenvalue weighted by Gasteiger charge is 2.19. The van der Waals surface area contributed by atoms with E-state index in [0.717, 1.165) is 16.9 Å². The molecule has 1 aromatic carbocycles. The van der Waals surface area contributed by atoms with Gasteiger partial charge in [0.15, 0.2) is 0 Å². The molecular weight excluding hydrogens is 216 g/mol. The van der Waals surface area contributed by atoms with E-state index in [2.05, 4.69) is 30.3 Å². The molecular formula is C13H16N2O2. The van der Waals surface area contributed by atoms with E-state index in [1.54, 1.807) is 12.1 Å². The Hall–Kier alpha value is -1.84. The summed E-state index contributed by atoms with van der Waals surface area (Å²) in [7, 11) is 0. The lowest BCUT2D eigenvalue weighted by atomic mass is 10.1. The molecule has 0 aliphatic rings. The van der Waals surface area contributed by atoms with E-state index in [1.165, 1.54) is 0 Å². The number of aryl methyl sites for hydroxylation is 1. The van der Waals surface area contributed by atoms with Crippen molar-refractivity contribution in [2.24, 2.45) is 0 Å². The van der Waals surface area contributed by atoms with Crippen LogP contribution in [0, 0.1) is 6.92 Å². The zero-order chi connectivity index (χ0) is 12.8. The summed E-state index contributed by atoms with van der Waals surface area (Å²) in [5, 5.41) is 8.95. The molecule has 0 saturated heterocycles. The highest BCUT2D eigenvalue weighted by atomic mass is 16.4. The van der Waals surface area contributed by atoms with Crippen LogP contribution in [0.5, 0.6) is 0 Å². The summed E-state index contributed by atoms with van der Waals surface area (Å²) in [5.41, 5.74) is 1.91. The van der Waals surface area contributed by atoms with Crippen LogP contribution in [-0.2, 0) is 5.54 Å². The van der Waals surface area contributed by atoms with E-state index in [1.807, 2.05) is 13.0 Å². The second-order valence-electron chi connectivity index (χ2n) is 5.17. The number of aromatic carboxylic acids is 1. The summed E-state index contributed by atoms with van der Waals surface area (Å²) >= 11 is 0. The standard InChI is InChI=1S/C13H16N2O2/c1-8-14-10-7-9(12(16)17)5-6-11(10)15(8)13(2,3)4/h5-7H,1-4H3,(H,16,17). The van der Waals surface area contributed by atoms with Gasteiger partial charge in [-0.25, -0.2) is 9.78 Å². The van der Waals surface area contributed by atoms with Crippen molar-refractivity contribution in [1.29, 1.82) is 0 Å². The van der Waals surface area contributed by atoms with E-state index < -0.39 is 5.97 Å². The van der Waals surface area contributed by atoms with Crippen LogP contribution in [0.4, 0.5) is 0 Å². The monoisotopic (exact) mass is 232 g/mol. The summed E-state index contributed by atoms with van der Waals surface area (Å²) in [5.74, 6) is -0.0232. The maximum atomic E-state index is 10.9. The van der Waals surface area contributed by atoms with Crippen LogP contribution < -0.4 is 0 Å². The van der Waals surface area contributed by atoms with Gasteiger partial charge >= 0.3 is 5.97 Å². The van der Waals surface area contributed by atoms with Crippen molar-refractivity contribution in [1.82, 2.24) is 9.55 Å². The number of aromatic nitrogens is 2. The van der Waals surface area contributed by atoms with Gasteiger partial charge < -0.3 is 9.67 Å². The molecule has 0 aliphatic heterocycles. The SMILES string of the molecule is Cc1nc2cc(C(=O)O)ccc2n1C(C)(C)C. The Morgan fingerprint density at radius 1 is 1.35 bits per heavy atom. The van der Waals surface area contributed by atoms with Crippen molar-refractivity contribution in [2.45, 2.75) is 33.2 Å². The van der Waals surface area contributed by atoms with Gasteiger partial charge in [0.05, 0.1) is 16.6 Å². The molecule has 2 aromatic rings. The molecule has 4 nitrogen and oxygen atoms in total. The van der Waals surface area contributed by atoms with Gasteiger partial charge in [-0.05, 0) is 45.9 Å². The van der Waals surface area contributed by atoms with E-state index in [-0.39, 0.29) is 11.1 Å². The average molecular weight is 232 g/mol. The summed E-state index contributed by atoms with van der Waals surface area (Å²) in [6.45, 7) is 8.25. The fraction of sp³-hybridized carbons (Fsp3) is 0.385. The first-order valence-corrected chi connectivity index (χ1v) is 5.53. The molecule has 17 heavy (non-hydrogen) atoms. The highest BCUT2D eigenvalue weighted by Crippen LogP contribution is 2.25. The molecule has 0 fully saturated rings. The maximum absolute atomic E-state index is 10.9. The predicted molar refractivity (Wildman–Crippen MR) is 66.4 cm³/mol. The van der Waals surface area contributed by atoms with Crippen LogP contribution in [0.2, 0.25) is 0 Å². The number of nitrogens with zero attached hydrogens (tertiary/aromatic N) is 2. The molecule has 1 aromatic heterocycles. The molecule has 2 rings (SSSR count). The first-order valence-electron chi connectivity index (χ1n) is 5.53. The molecule has 1 heterocycles. The van der Waals surface area contributed by atoms with Crippen LogP contribution in [0.3, 0.4) is 0 Å². The smallest absolute Gasteiger partial charge is 0.335 e. The minimum Gasteiger partial charge on any atom is -0.478 e. The van der Waals surface area contributed by atoms with Gasteiger partial charge in [0.25, 0.3) is 0 Å². The largest absolute Gasteiger partial charge is 0.478 e. The minimum absolute atomic E-state index is 0.0659. The number of fused-ring (bicyclic) bond motifs is 1. The fourth-order valence-electron chi connectivity index (χ4n) is 2.18. The zero-order valence-corrected chi connectivity index (χ0v) is 10.5. The number of rotatable bonds is 1. The Morgan fingerprint density at radius 3 is 2.53 bits per heavy atom. The molecule has 0 atom stereocenters. The molecule has 90 valence electrons. The Bertz CT molecular complexity index is 591. The lowest BCUT2D eigenvalue weighted by Crippen LogP contribution is -2.22. The first kappa shape index (κ1) is 11.6. The number of carbonyl (C=O) groups is 1. The second kappa shape index (κ2) is 3.58. The molecule has 0 aliphatic carbocycles. The Morgan fingerprint density at radius 2 is 2.00 bits per heavy atom. The number of imidazole rings is 1. The van der Waals surface area contributed by atoms with Crippen LogP contribution in [0.25, 0.3) is 11.0 Å². The molecule has 4 heteroatoms. The predicted octanol–water partition coefficient (Wildman–Crippen LogP) is 2.80.